The number of carbonyl (C=O) groups is 1. The van der Waals surface area contributed by atoms with Crippen LogP contribution in [0.2, 0.25) is 0 Å². The maximum Gasteiger partial charge on any atom is 0.240 e. The van der Waals surface area contributed by atoms with E-state index in [1.54, 1.807) is 23.5 Å². The molecule has 1 rings (SSSR count). The van der Waals surface area contributed by atoms with E-state index in [0.29, 0.717) is 6.54 Å². The summed E-state index contributed by atoms with van der Waals surface area (Å²) >= 11 is 0. The molecule has 2 N–H and O–H groups in total. The average molecular weight is 250 g/mol. The molecular weight excluding hydrogens is 228 g/mol. The molecule has 5 heteroatoms. The summed E-state index contributed by atoms with van der Waals surface area (Å²) < 4.78 is 0. The summed E-state index contributed by atoms with van der Waals surface area (Å²) in [6.07, 6.45) is 4.91. The van der Waals surface area contributed by atoms with Crippen molar-refractivity contribution in [3.63, 3.8) is 0 Å². The lowest BCUT2D eigenvalue weighted by Crippen LogP contribution is -2.48. The molecule has 0 fully saturated rings. The molecule has 1 heterocycles. The van der Waals surface area contributed by atoms with Crippen LogP contribution in [-0.2, 0) is 11.3 Å². The normalized spacial score (nSPS) is 12.8. The fourth-order valence-corrected chi connectivity index (χ4v) is 1.58. The van der Waals surface area contributed by atoms with Crippen LogP contribution in [0.3, 0.4) is 0 Å². The zero-order valence-corrected chi connectivity index (χ0v) is 11.5. The molecule has 0 aromatic carbocycles. The average Bonchev–Trinajstić information content (AvgIpc) is 2.35. The number of rotatable bonds is 5. The molecular formula is C13H22N4O. The molecule has 1 aromatic heterocycles. The van der Waals surface area contributed by atoms with Crippen LogP contribution in [-0.4, -0.2) is 32.9 Å². The molecule has 1 unspecified atom stereocenters. The van der Waals surface area contributed by atoms with E-state index in [0.717, 1.165) is 5.69 Å². The van der Waals surface area contributed by atoms with Gasteiger partial charge in [0.25, 0.3) is 0 Å². The molecule has 0 saturated carbocycles. The van der Waals surface area contributed by atoms with Gasteiger partial charge in [0.05, 0.1) is 24.5 Å². The van der Waals surface area contributed by atoms with E-state index in [1.165, 1.54) is 0 Å². The SMILES string of the molecule is CC(C)C(N)C(=O)N(Cc1cnccn1)C(C)C. The van der Waals surface area contributed by atoms with Gasteiger partial charge in [-0.3, -0.25) is 14.8 Å². The van der Waals surface area contributed by atoms with Crippen molar-refractivity contribution in [1.29, 1.82) is 0 Å². The van der Waals surface area contributed by atoms with Crippen LogP contribution in [0, 0.1) is 5.92 Å². The van der Waals surface area contributed by atoms with Gasteiger partial charge in [-0.1, -0.05) is 13.8 Å². The van der Waals surface area contributed by atoms with Gasteiger partial charge in [0.15, 0.2) is 0 Å². The molecule has 0 aliphatic rings. The molecule has 0 aliphatic heterocycles. The summed E-state index contributed by atoms with van der Waals surface area (Å²) in [6, 6.07) is -0.381. The molecule has 0 saturated heterocycles. The topological polar surface area (TPSA) is 72.1 Å². The first-order chi connectivity index (χ1) is 8.43. The van der Waals surface area contributed by atoms with Crippen LogP contribution in [0.1, 0.15) is 33.4 Å². The summed E-state index contributed by atoms with van der Waals surface area (Å²) in [5.41, 5.74) is 6.70. The van der Waals surface area contributed by atoms with Crippen molar-refractivity contribution in [1.82, 2.24) is 14.9 Å². The Labute approximate surface area is 108 Å². The lowest BCUT2D eigenvalue weighted by atomic mass is 10.0. The maximum absolute atomic E-state index is 12.3. The fraction of sp³-hybridized carbons (Fsp3) is 0.615. The summed E-state index contributed by atoms with van der Waals surface area (Å²) in [7, 11) is 0. The lowest BCUT2D eigenvalue weighted by molar-refractivity contribution is -0.136. The van der Waals surface area contributed by atoms with Gasteiger partial charge in [0, 0.05) is 18.4 Å². The Bertz CT molecular complexity index is 378. The predicted molar refractivity (Wildman–Crippen MR) is 70.5 cm³/mol. The molecule has 1 amide bonds. The number of hydrogen-bond acceptors (Lipinski definition) is 4. The van der Waals surface area contributed by atoms with E-state index in [9.17, 15) is 4.79 Å². The van der Waals surface area contributed by atoms with Crippen LogP contribution in [0.25, 0.3) is 0 Å². The van der Waals surface area contributed by atoms with Crippen molar-refractivity contribution in [2.75, 3.05) is 0 Å². The number of amides is 1. The van der Waals surface area contributed by atoms with Crippen molar-refractivity contribution in [2.24, 2.45) is 11.7 Å². The largest absolute Gasteiger partial charge is 0.333 e. The Balaban J connectivity index is 2.81. The van der Waals surface area contributed by atoms with Crippen LogP contribution < -0.4 is 5.73 Å². The second kappa shape index (κ2) is 6.44. The van der Waals surface area contributed by atoms with E-state index in [-0.39, 0.29) is 17.9 Å². The Hall–Kier alpha value is -1.49. The number of hydrogen-bond donors (Lipinski definition) is 1. The smallest absolute Gasteiger partial charge is 0.240 e. The van der Waals surface area contributed by atoms with Crippen molar-refractivity contribution in [3.8, 4) is 0 Å². The minimum absolute atomic E-state index is 0.0364. The summed E-state index contributed by atoms with van der Waals surface area (Å²) in [5.74, 6) is 0.0891. The third kappa shape index (κ3) is 3.77. The van der Waals surface area contributed by atoms with Gasteiger partial charge >= 0.3 is 0 Å². The molecule has 100 valence electrons. The van der Waals surface area contributed by atoms with E-state index >= 15 is 0 Å². The van der Waals surface area contributed by atoms with Gasteiger partial charge in [0.2, 0.25) is 5.91 Å². The molecule has 18 heavy (non-hydrogen) atoms. The third-order valence-corrected chi connectivity index (χ3v) is 2.86. The number of nitrogens with two attached hydrogens (primary N) is 1. The minimum Gasteiger partial charge on any atom is -0.333 e. The van der Waals surface area contributed by atoms with Crippen molar-refractivity contribution >= 4 is 5.91 Å². The summed E-state index contributed by atoms with van der Waals surface area (Å²) in [6.45, 7) is 8.29. The van der Waals surface area contributed by atoms with Gasteiger partial charge in [-0.05, 0) is 19.8 Å². The minimum atomic E-state index is -0.468. The van der Waals surface area contributed by atoms with Crippen molar-refractivity contribution in [3.05, 3.63) is 24.3 Å². The zero-order chi connectivity index (χ0) is 13.7. The third-order valence-electron chi connectivity index (χ3n) is 2.86. The first-order valence-corrected chi connectivity index (χ1v) is 6.24. The highest BCUT2D eigenvalue weighted by atomic mass is 16.2. The molecule has 0 radical (unpaired) electrons. The Morgan fingerprint density at radius 3 is 2.44 bits per heavy atom. The van der Waals surface area contributed by atoms with Crippen molar-refractivity contribution in [2.45, 2.75) is 46.3 Å². The predicted octanol–water partition coefficient (Wildman–Crippen LogP) is 1.20. The highest BCUT2D eigenvalue weighted by molar-refractivity contribution is 5.82. The van der Waals surface area contributed by atoms with Crippen molar-refractivity contribution < 1.29 is 4.79 Å². The van der Waals surface area contributed by atoms with Gasteiger partial charge in [0.1, 0.15) is 0 Å². The van der Waals surface area contributed by atoms with E-state index in [1.807, 2.05) is 27.7 Å². The van der Waals surface area contributed by atoms with Gasteiger partial charge in [-0.2, -0.15) is 0 Å². The second-order valence-corrected chi connectivity index (χ2v) is 5.03. The number of carbonyl (C=O) groups excluding carboxylic acids is 1. The highest BCUT2D eigenvalue weighted by Crippen LogP contribution is 2.10. The van der Waals surface area contributed by atoms with Gasteiger partial charge < -0.3 is 10.6 Å². The van der Waals surface area contributed by atoms with Crippen LogP contribution in [0.5, 0.6) is 0 Å². The van der Waals surface area contributed by atoms with Crippen LogP contribution in [0.15, 0.2) is 18.6 Å². The molecule has 5 nitrogen and oxygen atoms in total. The monoisotopic (exact) mass is 250 g/mol. The fourth-order valence-electron chi connectivity index (χ4n) is 1.58. The quantitative estimate of drug-likeness (QED) is 0.852. The highest BCUT2D eigenvalue weighted by Gasteiger charge is 2.25. The maximum atomic E-state index is 12.3. The first-order valence-electron chi connectivity index (χ1n) is 6.24. The molecule has 0 aliphatic carbocycles. The van der Waals surface area contributed by atoms with E-state index in [2.05, 4.69) is 9.97 Å². The Morgan fingerprint density at radius 1 is 1.33 bits per heavy atom. The standard InChI is InChI=1S/C13H22N4O/c1-9(2)12(14)13(18)17(10(3)4)8-11-7-15-5-6-16-11/h5-7,9-10,12H,8,14H2,1-4H3. The number of nitrogens with zero attached hydrogens (tertiary/aromatic N) is 3. The van der Waals surface area contributed by atoms with Crippen LogP contribution in [0.4, 0.5) is 0 Å². The van der Waals surface area contributed by atoms with E-state index in [4.69, 9.17) is 5.73 Å². The van der Waals surface area contributed by atoms with Gasteiger partial charge in [-0.25, -0.2) is 0 Å². The summed E-state index contributed by atoms with van der Waals surface area (Å²) in [4.78, 5) is 22.2. The molecule has 1 aromatic rings. The van der Waals surface area contributed by atoms with Crippen LogP contribution >= 0.6 is 0 Å². The molecule has 0 spiro atoms. The second-order valence-electron chi connectivity index (χ2n) is 5.03. The van der Waals surface area contributed by atoms with E-state index < -0.39 is 6.04 Å². The first kappa shape index (κ1) is 14.6. The molecule has 1 atom stereocenters. The zero-order valence-electron chi connectivity index (χ0n) is 11.5. The van der Waals surface area contributed by atoms with Gasteiger partial charge in [-0.15, -0.1) is 0 Å². The Morgan fingerprint density at radius 2 is 2.00 bits per heavy atom. The number of aromatic nitrogens is 2. The Kier molecular flexibility index (Phi) is 5.22. The molecule has 0 bridgehead atoms. The summed E-state index contributed by atoms with van der Waals surface area (Å²) in [5, 5.41) is 0. The lowest BCUT2D eigenvalue weighted by Gasteiger charge is -2.30.